The third-order valence-corrected chi connectivity index (χ3v) is 11.7. The highest BCUT2D eigenvalue weighted by molar-refractivity contribution is 5.63. The Labute approximate surface area is 226 Å². The van der Waals surface area contributed by atoms with Crippen molar-refractivity contribution in [1.29, 1.82) is 0 Å². The van der Waals surface area contributed by atoms with Gasteiger partial charge >= 0.3 is 0 Å². The zero-order chi connectivity index (χ0) is 25.7. The van der Waals surface area contributed by atoms with Crippen LogP contribution in [0.5, 0.6) is 11.5 Å². The van der Waals surface area contributed by atoms with Gasteiger partial charge in [-0.1, -0.05) is 35.9 Å². The summed E-state index contributed by atoms with van der Waals surface area (Å²) in [4.78, 5) is 2.90. The predicted molar refractivity (Wildman–Crippen MR) is 146 cm³/mol. The largest absolute Gasteiger partial charge is 0.493 e. The molecule has 2 aromatic rings. The van der Waals surface area contributed by atoms with Crippen LogP contribution in [0.2, 0.25) is 0 Å². The first-order valence-electron chi connectivity index (χ1n) is 14.8. The van der Waals surface area contributed by atoms with Crippen molar-refractivity contribution in [3.05, 3.63) is 58.7 Å². The highest BCUT2D eigenvalue weighted by Gasteiger charge is 2.80. The lowest BCUT2D eigenvalue weighted by atomic mass is 9.35. The van der Waals surface area contributed by atoms with Crippen molar-refractivity contribution in [2.45, 2.75) is 81.6 Å². The van der Waals surface area contributed by atoms with Gasteiger partial charge in [-0.25, -0.2) is 0 Å². The van der Waals surface area contributed by atoms with Gasteiger partial charge in [-0.3, -0.25) is 4.90 Å². The van der Waals surface area contributed by atoms with Crippen LogP contribution in [0.4, 0.5) is 0 Å². The maximum Gasteiger partial charge on any atom is 0.165 e. The minimum absolute atomic E-state index is 0.0104. The molecule has 5 aliphatic carbocycles. The molecule has 2 heterocycles. The maximum absolute atomic E-state index is 7.14. The van der Waals surface area contributed by atoms with Crippen LogP contribution >= 0.6 is 0 Å². The summed E-state index contributed by atoms with van der Waals surface area (Å²) in [5.41, 5.74) is 5.37. The lowest BCUT2D eigenvalue weighted by Crippen LogP contribution is -2.81. The molecule has 2 spiro atoms. The fourth-order valence-electron chi connectivity index (χ4n) is 10.0. The second kappa shape index (κ2) is 8.22. The first kappa shape index (κ1) is 23.8. The zero-order valence-electron chi connectivity index (χ0n) is 23.1. The summed E-state index contributed by atoms with van der Waals surface area (Å²) in [5, 5.41) is 0. The van der Waals surface area contributed by atoms with Gasteiger partial charge in [0.05, 0.1) is 20.3 Å². The fourth-order valence-corrected chi connectivity index (χ4v) is 10.0. The number of methoxy groups -OCH3 is 2. The molecule has 9 rings (SSSR count). The van der Waals surface area contributed by atoms with Gasteiger partial charge in [-0.2, -0.15) is 0 Å². The molecule has 0 radical (unpaired) electrons. The summed E-state index contributed by atoms with van der Waals surface area (Å²) in [5.74, 6) is 3.12. The molecule has 6 atom stereocenters. The Morgan fingerprint density at radius 3 is 2.76 bits per heavy atom. The highest BCUT2D eigenvalue weighted by Crippen LogP contribution is 2.76. The quantitative estimate of drug-likeness (QED) is 0.468. The molecule has 4 bridgehead atoms. The molecule has 5 heteroatoms. The Balaban J connectivity index is 1.21. The molecule has 7 aliphatic rings. The summed E-state index contributed by atoms with van der Waals surface area (Å²) in [6, 6.07) is 13.7. The molecule has 2 aliphatic heterocycles. The number of fused-ring (bicyclic) bond motifs is 2. The predicted octanol–water partition coefficient (Wildman–Crippen LogP) is 5.44. The number of rotatable bonds is 8. The van der Waals surface area contributed by atoms with E-state index >= 15 is 0 Å². The Morgan fingerprint density at radius 2 is 1.97 bits per heavy atom. The molecule has 5 nitrogen and oxygen atoms in total. The SMILES string of the molecule is COc1ccc2c3c1O[C@H]1[C@@]4(OC)CC[C@@]5(C[C@@H]4COCc4cccc(C)c4)[C@@H](C2)N(CC2CC2)CC[C@]315. The topological polar surface area (TPSA) is 40.2 Å². The van der Waals surface area contributed by atoms with E-state index in [2.05, 4.69) is 48.2 Å². The van der Waals surface area contributed by atoms with Gasteiger partial charge in [0.2, 0.25) is 0 Å². The Morgan fingerprint density at radius 1 is 1.08 bits per heavy atom. The zero-order valence-corrected chi connectivity index (χ0v) is 23.1. The number of hydrogen-bond donors (Lipinski definition) is 0. The van der Waals surface area contributed by atoms with Gasteiger partial charge in [-0.15, -0.1) is 0 Å². The molecule has 38 heavy (non-hydrogen) atoms. The van der Waals surface area contributed by atoms with Gasteiger partial charge in [0.1, 0.15) is 11.7 Å². The molecule has 0 amide bonds. The summed E-state index contributed by atoms with van der Waals surface area (Å²) in [7, 11) is 3.71. The number of ether oxygens (including phenoxy) is 4. The molecule has 4 saturated carbocycles. The average molecular weight is 516 g/mol. The van der Waals surface area contributed by atoms with Crippen LogP contribution in [0, 0.1) is 24.2 Å². The summed E-state index contributed by atoms with van der Waals surface area (Å²) >= 11 is 0. The van der Waals surface area contributed by atoms with E-state index in [4.69, 9.17) is 18.9 Å². The summed E-state index contributed by atoms with van der Waals surface area (Å²) < 4.78 is 26.2. The number of benzene rings is 2. The fraction of sp³-hybridized carbons (Fsp3) is 0.636. The minimum Gasteiger partial charge on any atom is -0.493 e. The van der Waals surface area contributed by atoms with Crippen molar-refractivity contribution >= 4 is 0 Å². The van der Waals surface area contributed by atoms with Crippen LogP contribution in [-0.2, 0) is 27.9 Å². The van der Waals surface area contributed by atoms with E-state index in [9.17, 15) is 0 Å². The first-order valence-corrected chi connectivity index (χ1v) is 14.8. The molecule has 5 fully saturated rings. The molecule has 1 saturated heterocycles. The van der Waals surface area contributed by atoms with Gasteiger partial charge in [0.25, 0.3) is 0 Å². The van der Waals surface area contributed by atoms with E-state index in [1.165, 1.54) is 54.6 Å². The first-order chi connectivity index (χ1) is 18.5. The van der Waals surface area contributed by atoms with Gasteiger partial charge < -0.3 is 18.9 Å². The smallest absolute Gasteiger partial charge is 0.165 e. The van der Waals surface area contributed by atoms with E-state index in [1.807, 2.05) is 7.11 Å². The van der Waals surface area contributed by atoms with Crippen molar-refractivity contribution in [2.75, 3.05) is 33.9 Å². The van der Waals surface area contributed by atoms with Crippen molar-refractivity contribution < 1.29 is 18.9 Å². The number of likely N-dealkylation sites (tertiary alicyclic amines) is 1. The van der Waals surface area contributed by atoms with Gasteiger partial charge in [0, 0.05) is 42.0 Å². The van der Waals surface area contributed by atoms with Crippen molar-refractivity contribution in [3.63, 3.8) is 0 Å². The van der Waals surface area contributed by atoms with Crippen LogP contribution in [0.3, 0.4) is 0 Å². The third-order valence-electron chi connectivity index (χ3n) is 11.7. The van der Waals surface area contributed by atoms with Crippen LogP contribution in [0.1, 0.15) is 60.8 Å². The van der Waals surface area contributed by atoms with Crippen LogP contribution in [0.15, 0.2) is 36.4 Å². The van der Waals surface area contributed by atoms with Crippen LogP contribution in [0.25, 0.3) is 0 Å². The van der Waals surface area contributed by atoms with E-state index in [-0.39, 0.29) is 22.5 Å². The number of hydrogen-bond acceptors (Lipinski definition) is 5. The van der Waals surface area contributed by atoms with Crippen molar-refractivity contribution in [1.82, 2.24) is 4.90 Å². The lowest BCUT2D eigenvalue weighted by Gasteiger charge is -2.74. The number of aryl methyl sites for hydroxylation is 1. The average Bonchev–Trinajstić information content (AvgIpc) is 3.67. The van der Waals surface area contributed by atoms with E-state index in [1.54, 1.807) is 7.11 Å². The third kappa shape index (κ3) is 2.93. The highest BCUT2D eigenvalue weighted by atomic mass is 16.6. The second-order valence-electron chi connectivity index (χ2n) is 13.2. The van der Waals surface area contributed by atoms with E-state index in [0.29, 0.717) is 18.6 Å². The normalized spacial score (nSPS) is 38.1. The monoisotopic (exact) mass is 515 g/mol. The van der Waals surface area contributed by atoms with Crippen molar-refractivity contribution in [2.24, 2.45) is 17.3 Å². The standard InChI is InChI=1S/C33H41NO4/c1-21-5-4-6-23(15-21)19-37-20-25-17-31-11-12-33(25,36-3)30-32(31)13-14-34(18-22-7-8-22)27(31)16-24-9-10-26(35-2)29(38-30)28(24)32/h4-6,9-10,15,22,25,27,30H,7-8,11-14,16-20H2,1-3H3/t25-,27-,30-,31-,32+,33-/m1/s1. The molecule has 0 N–H and O–H groups in total. The number of nitrogens with zero attached hydrogens (tertiary/aromatic N) is 1. The second-order valence-corrected chi connectivity index (χ2v) is 13.2. The Hall–Kier alpha value is -2.08. The molecule has 2 aromatic carbocycles. The molecule has 0 unspecified atom stereocenters. The minimum atomic E-state index is -0.337. The van der Waals surface area contributed by atoms with Gasteiger partial charge in [0.15, 0.2) is 11.5 Å². The molecular formula is C33H41NO4. The lowest BCUT2D eigenvalue weighted by molar-refractivity contribution is -0.283. The van der Waals surface area contributed by atoms with Crippen molar-refractivity contribution in [3.8, 4) is 11.5 Å². The molecule has 0 aromatic heterocycles. The van der Waals surface area contributed by atoms with Gasteiger partial charge in [-0.05, 0) is 81.5 Å². The summed E-state index contributed by atoms with van der Waals surface area (Å²) in [6.45, 7) is 5.96. The maximum atomic E-state index is 7.14. The summed E-state index contributed by atoms with van der Waals surface area (Å²) in [6.07, 6.45) is 8.57. The molecule has 202 valence electrons. The van der Waals surface area contributed by atoms with E-state index < -0.39 is 0 Å². The van der Waals surface area contributed by atoms with E-state index in [0.717, 1.165) is 49.7 Å². The van der Waals surface area contributed by atoms with Crippen LogP contribution < -0.4 is 9.47 Å². The number of piperidine rings is 1. The molecular weight excluding hydrogens is 474 g/mol. The van der Waals surface area contributed by atoms with Crippen LogP contribution in [-0.4, -0.2) is 56.6 Å². The Bertz CT molecular complexity index is 1270. The Kier molecular flexibility index (Phi) is 5.14.